The third-order valence-electron chi connectivity index (χ3n) is 6.03. The van der Waals surface area contributed by atoms with E-state index in [2.05, 4.69) is 19.7 Å². The molecule has 0 aromatic heterocycles. The molecule has 36 heavy (non-hydrogen) atoms. The summed E-state index contributed by atoms with van der Waals surface area (Å²) in [6.07, 6.45) is -5.85. The van der Waals surface area contributed by atoms with Gasteiger partial charge >= 0.3 is 6.36 Å². The maximum Gasteiger partial charge on any atom is 0.573 e. The lowest BCUT2D eigenvalue weighted by Gasteiger charge is -2.45. The van der Waals surface area contributed by atoms with Gasteiger partial charge in [-0.1, -0.05) is 36.0 Å². The van der Waals surface area contributed by atoms with Crippen LogP contribution in [0.5, 0.6) is 5.75 Å². The van der Waals surface area contributed by atoms with Crippen LogP contribution in [0.2, 0.25) is 0 Å². The van der Waals surface area contributed by atoms with Crippen molar-refractivity contribution >= 4 is 33.1 Å². The molecule has 0 aliphatic carbocycles. The summed E-state index contributed by atoms with van der Waals surface area (Å²) in [7, 11) is -3.64. The number of ether oxygens (including phenoxy) is 1. The van der Waals surface area contributed by atoms with E-state index < -0.39 is 40.2 Å². The molecule has 12 heteroatoms. The molecular formula is C24H23F3N4O3S2. The fourth-order valence-electron chi connectivity index (χ4n) is 4.46. The van der Waals surface area contributed by atoms with Crippen LogP contribution < -0.4 is 19.7 Å². The molecule has 0 radical (unpaired) electrons. The minimum atomic E-state index is -4.85. The molecule has 0 spiro atoms. The van der Waals surface area contributed by atoms with Crippen molar-refractivity contribution in [2.75, 3.05) is 18.0 Å². The lowest BCUT2D eigenvalue weighted by Crippen LogP contribution is -2.64. The summed E-state index contributed by atoms with van der Waals surface area (Å²) in [5, 5.41) is 14.7. The van der Waals surface area contributed by atoms with Gasteiger partial charge in [0.25, 0.3) is 0 Å². The van der Waals surface area contributed by atoms with E-state index in [1.807, 2.05) is 48.5 Å². The Morgan fingerprint density at radius 1 is 1.00 bits per heavy atom. The van der Waals surface area contributed by atoms with E-state index in [9.17, 15) is 22.5 Å². The molecule has 4 atom stereocenters. The zero-order valence-electron chi connectivity index (χ0n) is 18.7. The Balaban J connectivity index is 1.39. The second-order valence-corrected chi connectivity index (χ2v) is 11.3. The predicted octanol–water partition coefficient (Wildman–Crippen LogP) is 4.50. The van der Waals surface area contributed by atoms with Gasteiger partial charge in [-0.3, -0.25) is 0 Å². The van der Waals surface area contributed by atoms with Gasteiger partial charge in [0.2, 0.25) is 0 Å². The van der Waals surface area contributed by atoms with Crippen molar-refractivity contribution in [3.63, 3.8) is 0 Å². The van der Waals surface area contributed by atoms with Crippen LogP contribution in [0.3, 0.4) is 0 Å². The van der Waals surface area contributed by atoms with E-state index >= 15 is 0 Å². The van der Waals surface area contributed by atoms with E-state index in [1.54, 1.807) is 11.8 Å². The molecule has 5 rings (SSSR count). The number of aliphatic hydroxyl groups excluding tert-OH is 1. The number of benzene rings is 3. The zero-order chi connectivity index (χ0) is 25.5. The number of aliphatic hydroxyl groups is 1. The van der Waals surface area contributed by atoms with Crippen LogP contribution in [0.4, 0.5) is 24.5 Å². The highest BCUT2D eigenvalue weighted by Gasteiger charge is 2.40. The van der Waals surface area contributed by atoms with Crippen LogP contribution in [-0.2, 0) is 9.92 Å². The molecule has 2 aliphatic rings. The van der Waals surface area contributed by atoms with Crippen LogP contribution >= 0.6 is 11.8 Å². The van der Waals surface area contributed by atoms with Gasteiger partial charge < -0.3 is 20.1 Å². The molecule has 1 fully saturated rings. The molecular weight excluding hydrogens is 513 g/mol. The number of halogens is 3. The Kier molecular flexibility index (Phi) is 6.64. The van der Waals surface area contributed by atoms with Gasteiger partial charge in [-0.25, -0.2) is 13.7 Å². The van der Waals surface area contributed by atoms with Gasteiger partial charge in [0.15, 0.2) is 0 Å². The van der Waals surface area contributed by atoms with Crippen LogP contribution in [0, 0.1) is 4.78 Å². The number of rotatable bonds is 5. The van der Waals surface area contributed by atoms with E-state index in [0.717, 1.165) is 45.4 Å². The summed E-state index contributed by atoms with van der Waals surface area (Å²) in [4.78, 5) is 4.14. The maximum absolute atomic E-state index is 13.2. The van der Waals surface area contributed by atoms with E-state index in [0.29, 0.717) is 6.54 Å². The average molecular weight is 537 g/mol. The third kappa shape index (κ3) is 5.04. The van der Waals surface area contributed by atoms with Crippen LogP contribution in [0.1, 0.15) is 0 Å². The Hall–Kier alpha value is -2.77. The zero-order valence-corrected chi connectivity index (χ0v) is 20.4. The lowest BCUT2D eigenvalue weighted by molar-refractivity contribution is -0.274. The van der Waals surface area contributed by atoms with Gasteiger partial charge in [-0.2, -0.15) is 0 Å². The monoisotopic (exact) mass is 536 g/mol. The Labute approximate surface area is 210 Å². The summed E-state index contributed by atoms with van der Waals surface area (Å²) in [5.41, 5.74) is 1.89. The quantitative estimate of drug-likeness (QED) is 0.384. The molecule has 4 N–H and O–H groups in total. The largest absolute Gasteiger partial charge is 0.573 e. The summed E-state index contributed by atoms with van der Waals surface area (Å²) < 4.78 is 65.5. The molecule has 2 aliphatic heterocycles. The number of nitrogens with one attached hydrogen (secondary N) is 3. The van der Waals surface area contributed by atoms with Gasteiger partial charge in [0.05, 0.1) is 34.5 Å². The second-order valence-electron chi connectivity index (χ2n) is 8.42. The van der Waals surface area contributed by atoms with Crippen molar-refractivity contribution in [2.24, 2.45) is 0 Å². The number of fused-ring (bicyclic) bond motifs is 2. The second kappa shape index (κ2) is 9.60. The van der Waals surface area contributed by atoms with Gasteiger partial charge in [-0.05, 0) is 48.5 Å². The summed E-state index contributed by atoms with van der Waals surface area (Å²) in [6, 6.07) is 18.9. The van der Waals surface area contributed by atoms with Gasteiger partial charge in [0.1, 0.15) is 15.7 Å². The van der Waals surface area contributed by atoms with Crippen molar-refractivity contribution in [3.8, 4) is 5.75 Å². The normalized spacial score (nSPS) is 23.3. The number of hydrogen-bond acceptors (Lipinski definition) is 7. The fourth-order valence-corrected chi connectivity index (χ4v) is 6.83. The molecule has 0 bridgehead atoms. The topological polar surface area (TPSA) is 97.7 Å². The molecule has 1 saturated heterocycles. The van der Waals surface area contributed by atoms with Gasteiger partial charge in [-0.15, -0.1) is 13.2 Å². The number of nitrogens with zero attached hydrogens (tertiary/aromatic N) is 1. The van der Waals surface area contributed by atoms with Crippen LogP contribution in [-0.4, -0.2) is 47.0 Å². The molecule has 3 aromatic carbocycles. The minimum Gasteiger partial charge on any atom is -0.406 e. The Morgan fingerprint density at radius 3 is 2.17 bits per heavy atom. The minimum absolute atomic E-state index is 0.0172. The Bertz CT molecular complexity index is 1310. The summed E-state index contributed by atoms with van der Waals surface area (Å²) in [5.74, 6) is -0.471. The molecule has 0 saturated carbocycles. The molecule has 4 unspecified atom stereocenters. The molecule has 7 nitrogen and oxygen atoms in total. The van der Waals surface area contributed by atoms with Crippen molar-refractivity contribution in [1.82, 2.24) is 10.0 Å². The first kappa shape index (κ1) is 24.9. The van der Waals surface area contributed by atoms with Crippen molar-refractivity contribution in [3.05, 3.63) is 72.8 Å². The highest BCUT2D eigenvalue weighted by atomic mass is 32.2. The fraction of sp³-hybridized carbons (Fsp3) is 0.250. The third-order valence-corrected chi connectivity index (χ3v) is 8.73. The number of piperidine rings is 1. The van der Waals surface area contributed by atoms with Crippen molar-refractivity contribution < 1.29 is 27.2 Å². The molecule has 0 amide bonds. The molecule has 190 valence electrons. The van der Waals surface area contributed by atoms with Crippen LogP contribution in [0.25, 0.3) is 0 Å². The van der Waals surface area contributed by atoms with Crippen molar-refractivity contribution in [1.29, 1.82) is 4.78 Å². The number of anilines is 2. The standard InChI is InChI=1S/C24H23F3N4O3S2/c25-24(26,27)34-15-9-11-16(12-10-15)36(28,33)30-17-13-29-14-20(23(17)32)31-18-5-1-3-7-21(18)35-22-8-4-2-6-19(22)31/h1-12,17,20,23,29,32H,13-14H2,(H2,28,30,33). The molecule has 2 heterocycles. The summed E-state index contributed by atoms with van der Waals surface area (Å²) >= 11 is 1.65. The number of para-hydroxylation sites is 2. The van der Waals surface area contributed by atoms with E-state index in [-0.39, 0.29) is 11.4 Å². The first-order valence-electron chi connectivity index (χ1n) is 11.1. The van der Waals surface area contributed by atoms with E-state index in [4.69, 9.17) is 4.78 Å². The predicted molar refractivity (Wildman–Crippen MR) is 131 cm³/mol. The van der Waals surface area contributed by atoms with E-state index in [1.165, 1.54) is 0 Å². The highest BCUT2D eigenvalue weighted by Crippen LogP contribution is 2.49. The number of alkyl halides is 3. The lowest BCUT2D eigenvalue weighted by atomic mass is 9.96. The van der Waals surface area contributed by atoms with Crippen LogP contribution in [0.15, 0.2) is 87.5 Å². The summed E-state index contributed by atoms with van der Waals surface area (Å²) in [6.45, 7) is 0.712. The highest BCUT2D eigenvalue weighted by molar-refractivity contribution is 7.99. The first-order valence-corrected chi connectivity index (χ1v) is 13.5. The van der Waals surface area contributed by atoms with Crippen molar-refractivity contribution in [2.45, 2.75) is 39.2 Å². The molecule has 3 aromatic rings. The smallest absolute Gasteiger partial charge is 0.406 e. The first-order chi connectivity index (χ1) is 17.1. The SMILES string of the molecule is N=S(=O)(NC1CNCC(N2c3ccccc3Sc3ccccc32)C1O)c1ccc(OC(F)(F)F)cc1. The number of hydrogen-bond donors (Lipinski definition) is 4. The Morgan fingerprint density at radius 2 is 1.58 bits per heavy atom. The maximum atomic E-state index is 13.2. The average Bonchev–Trinajstić information content (AvgIpc) is 2.83. The van der Waals surface area contributed by atoms with Gasteiger partial charge in [0, 0.05) is 22.9 Å².